The third-order valence-electron chi connectivity index (χ3n) is 6.06. The molecular formula is C22H30N4O4. The molecule has 1 aromatic rings. The number of nitrogens with one attached hydrogen (secondary N) is 3. The molecule has 0 spiro atoms. The molecule has 8 heteroatoms. The molecule has 4 aliphatic rings. The van der Waals surface area contributed by atoms with Gasteiger partial charge in [-0.05, 0) is 70.7 Å². The fourth-order valence-electron chi connectivity index (χ4n) is 4.43. The standard InChI is InChI=1S/C22H30N4O4/c1-21(2,3)30-20(29)23-15-8-10-26(11-9-15)17-6-4-16(5-7-17)25-22-12-14(13-22)18(27)24-19(22)28/h4-7,14-15,25H,8-13H2,1-3H3,(H,23,29)(H,24,27,28). The van der Waals surface area contributed by atoms with Gasteiger partial charge in [-0.2, -0.15) is 0 Å². The van der Waals surface area contributed by atoms with E-state index in [4.69, 9.17) is 4.74 Å². The maximum atomic E-state index is 12.2. The lowest BCUT2D eigenvalue weighted by molar-refractivity contribution is -0.148. The molecule has 0 radical (unpaired) electrons. The average Bonchev–Trinajstić information content (AvgIpc) is 2.62. The van der Waals surface area contributed by atoms with E-state index in [1.54, 1.807) is 0 Å². The van der Waals surface area contributed by atoms with Gasteiger partial charge in [0.05, 0.1) is 0 Å². The zero-order valence-corrected chi connectivity index (χ0v) is 17.8. The second kappa shape index (κ2) is 7.49. The van der Waals surface area contributed by atoms with Crippen molar-refractivity contribution in [2.75, 3.05) is 23.3 Å². The Hall–Kier alpha value is -2.77. The van der Waals surface area contributed by atoms with Crippen molar-refractivity contribution in [2.24, 2.45) is 5.92 Å². The van der Waals surface area contributed by atoms with Crippen molar-refractivity contribution in [3.05, 3.63) is 24.3 Å². The molecule has 1 aromatic carbocycles. The molecule has 3 heterocycles. The van der Waals surface area contributed by atoms with Crippen LogP contribution in [0, 0.1) is 5.92 Å². The largest absolute Gasteiger partial charge is 0.444 e. The molecule has 162 valence electrons. The van der Waals surface area contributed by atoms with Gasteiger partial charge >= 0.3 is 6.09 Å². The number of benzene rings is 1. The minimum absolute atomic E-state index is 0.0509. The normalized spacial score (nSPS) is 26.5. The van der Waals surface area contributed by atoms with Crippen LogP contribution in [-0.4, -0.2) is 48.2 Å². The summed E-state index contributed by atoms with van der Waals surface area (Å²) in [5.41, 5.74) is 0.854. The number of fused-ring (bicyclic) bond motifs is 2. The number of carbonyl (C=O) groups excluding carboxylic acids is 3. The number of alkyl carbamates (subject to hydrolysis) is 1. The van der Waals surface area contributed by atoms with Gasteiger partial charge in [-0.1, -0.05) is 0 Å². The Morgan fingerprint density at radius 3 is 2.33 bits per heavy atom. The Kier molecular flexibility index (Phi) is 5.11. The second-order valence-corrected chi connectivity index (χ2v) is 9.59. The number of ether oxygens (including phenoxy) is 1. The lowest BCUT2D eigenvalue weighted by Crippen LogP contribution is -2.69. The summed E-state index contributed by atoms with van der Waals surface area (Å²) < 4.78 is 5.33. The second-order valence-electron chi connectivity index (χ2n) is 9.59. The Labute approximate surface area is 176 Å². The first-order valence-corrected chi connectivity index (χ1v) is 10.6. The molecular weight excluding hydrogens is 384 g/mol. The molecule has 1 saturated carbocycles. The summed E-state index contributed by atoms with van der Waals surface area (Å²) >= 11 is 0. The van der Waals surface area contributed by atoms with E-state index in [1.165, 1.54) is 0 Å². The highest BCUT2D eigenvalue weighted by atomic mass is 16.6. The lowest BCUT2D eigenvalue weighted by atomic mass is 9.64. The number of carbonyl (C=O) groups is 3. The van der Waals surface area contributed by atoms with Crippen LogP contribution in [0.2, 0.25) is 0 Å². The molecule has 8 nitrogen and oxygen atoms in total. The number of hydrogen-bond donors (Lipinski definition) is 3. The molecule has 0 atom stereocenters. The van der Waals surface area contributed by atoms with Gasteiger partial charge in [0, 0.05) is 36.4 Å². The number of nitrogens with zero attached hydrogens (tertiary/aromatic N) is 1. The predicted octanol–water partition coefficient (Wildman–Crippen LogP) is 2.40. The van der Waals surface area contributed by atoms with E-state index in [-0.39, 0.29) is 29.9 Å². The first kappa shape index (κ1) is 20.5. The van der Waals surface area contributed by atoms with Crippen LogP contribution in [-0.2, 0) is 14.3 Å². The summed E-state index contributed by atoms with van der Waals surface area (Å²) in [7, 11) is 0. The van der Waals surface area contributed by atoms with Gasteiger partial charge in [-0.15, -0.1) is 0 Å². The van der Waals surface area contributed by atoms with E-state index in [1.807, 2.05) is 45.0 Å². The Bertz CT molecular complexity index is 832. The predicted molar refractivity (Wildman–Crippen MR) is 113 cm³/mol. The van der Waals surface area contributed by atoms with Crippen LogP contribution in [0.15, 0.2) is 24.3 Å². The molecule has 2 bridgehead atoms. The van der Waals surface area contributed by atoms with Crippen LogP contribution in [0.25, 0.3) is 0 Å². The molecule has 3 saturated heterocycles. The fourth-order valence-corrected chi connectivity index (χ4v) is 4.43. The quantitative estimate of drug-likeness (QED) is 0.655. The van der Waals surface area contributed by atoms with Crippen LogP contribution in [0.5, 0.6) is 0 Å². The summed E-state index contributed by atoms with van der Waals surface area (Å²) in [5, 5.41) is 8.73. The Morgan fingerprint density at radius 1 is 1.13 bits per heavy atom. The minimum Gasteiger partial charge on any atom is -0.444 e. The van der Waals surface area contributed by atoms with Gasteiger partial charge in [0.15, 0.2) is 0 Å². The minimum atomic E-state index is -0.647. The van der Waals surface area contributed by atoms with E-state index < -0.39 is 11.1 Å². The van der Waals surface area contributed by atoms with Crippen LogP contribution in [0.1, 0.15) is 46.5 Å². The van der Waals surface area contributed by atoms with Crippen molar-refractivity contribution < 1.29 is 19.1 Å². The number of hydrogen-bond acceptors (Lipinski definition) is 6. The summed E-state index contributed by atoms with van der Waals surface area (Å²) in [6.45, 7) is 7.28. The Balaban J connectivity index is 1.28. The lowest BCUT2D eigenvalue weighted by Gasteiger charge is -2.50. The average molecular weight is 415 g/mol. The van der Waals surface area contributed by atoms with E-state index in [9.17, 15) is 14.4 Å². The molecule has 0 aromatic heterocycles. The number of amides is 3. The van der Waals surface area contributed by atoms with E-state index in [0.29, 0.717) is 12.8 Å². The number of anilines is 2. The molecule has 1 aliphatic carbocycles. The zero-order valence-electron chi connectivity index (χ0n) is 17.8. The van der Waals surface area contributed by atoms with Crippen molar-refractivity contribution in [3.63, 3.8) is 0 Å². The van der Waals surface area contributed by atoms with Crippen molar-refractivity contribution >= 4 is 29.3 Å². The van der Waals surface area contributed by atoms with Crippen LogP contribution in [0.4, 0.5) is 16.2 Å². The maximum absolute atomic E-state index is 12.2. The monoisotopic (exact) mass is 414 g/mol. The molecule has 3 N–H and O–H groups in total. The van der Waals surface area contributed by atoms with Crippen LogP contribution >= 0.6 is 0 Å². The van der Waals surface area contributed by atoms with E-state index >= 15 is 0 Å². The van der Waals surface area contributed by atoms with Crippen LogP contribution in [0.3, 0.4) is 0 Å². The summed E-state index contributed by atoms with van der Waals surface area (Å²) in [6, 6.07) is 8.17. The summed E-state index contributed by atoms with van der Waals surface area (Å²) in [4.78, 5) is 38.1. The number of rotatable bonds is 4. The van der Waals surface area contributed by atoms with Gasteiger partial charge in [-0.3, -0.25) is 14.9 Å². The summed E-state index contributed by atoms with van der Waals surface area (Å²) in [5.74, 6) is -0.424. The maximum Gasteiger partial charge on any atom is 0.407 e. The van der Waals surface area contributed by atoms with Gasteiger partial charge in [0.25, 0.3) is 5.91 Å². The molecule has 4 fully saturated rings. The highest BCUT2D eigenvalue weighted by Gasteiger charge is 2.57. The third kappa shape index (κ3) is 4.22. The highest BCUT2D eigenvalue weighted by molar-refractivity contribution is 6.08. The number of imide groups is 1. The molecule has 0 unspecified atom stereocenters. The molecule has 3 amide bonds. The van der Waals surface area contributed by atoms with Crippen molar-refractivity contribution in [1.82, 2.24) is 10.6 Å². The zero-order chi connectivity index (χ0) is 21.5. The first-order valence-electron chi connectivity index (χ1n) is 10.6. The molecule has 30 heavy (non-hydrogen) atoms. The van der Waals surface area contributed by atoms with Gasteiger partial charge in [0.1, 0.15) is 11.1 Å². The van der Waals surface area contributed by atoms with Gasteiger partial charge in [-0.25, -0.2) is 4.79 Å². The van der Waals surface area contributed by atoms with Crippen molar-refractivity contribution in [2.45, 2.75) is 63.6 Å². The highest BCUT2D eigenvalue weighted by Crippen LogP contribution is 2.44. The molecule has 5 rings (SSSR count). The Morgan fingerprint density at radius 2 is 1.77 bits per heavy atom. The fraction of sp³-hybridized carbons (Fsp3) is 0.591. The SMILES string of the molecule is CC(C)(C)OC(=O)NC1CCN(c2ccc(NC34CC(C3)C(=O)NC4=O)cc2)CC1. The van der Waals surface area contributed by atoms with E-state index in [0.717, 1.165) is 37.3 Å². The van der Waals surface area contributed by atoms with Crippen LogP contribution < -0.4 is 20.9 Å². The van der Waals surface area contributed by atoms with Gasteiger partial charge in [0.2, 0.25) is 5.91 Å². The smallest absolute Gasteiger partial charge is 0.407 e. The topological polar surface area (TPSA) is 99.8 Å². The van der Waals surface area contributed by atoms with Crippen molar-refractivity contribution in [3.8, 4) is 0 Å². The van der Waals surface area contributed by atoms with E-state index in [2.05, 4.69) is 20.9 Å². The summed E-state index contributed by atoms with van der Waals surface area (Å²) in [6.07, 6.45) is 2.49. The van der Waals surface area contributed by atoms with Crippen molar-refractivity contribution in [1.29, 1.82) is 0 Å². The van der Waals surface area contributed by atoms with Gasteiger partial charge < -0.3 is 20.3 Å². The molecule has 3 aliphatic heterocycles. The first-order chi connectivity index (χ1) is 14.1. The third-order valence-corrected chi connectivity index (χ3v) is 6.06. The number of piperidine rings is 3.